The molecule has 0 radical (unpaired) electrons. The quantitative estimate of drug-likeness (QED) is 0.406. The van der Waals surface area contributed by atoms with Gasteiger partial charge in [-0.25, -0.2) is 4.98 Å². The molecule has 0 unspecified atom stereocenters. The van der Waals surface area contributed by atoms with Crippen LogP contribution in [0.1, 0.15) is 55.8 Å². The zero-order chi connectivity index (χ0) is 25.1. The van der Waals surface area contributed by atoms with Crippen molar-refractivity contribution in [3.63, 3.8) is 0 Å². The van der Waals surface area contributed by atoms with Crippen molar-refractivity contribution in [1.29, 1.82) is 0 Å². The Morgan fingerprint density at radius 1 is 1.03 bits per heavy atom. The molecule has 3 heterocycles. The molecule has 2 fully saturated rings. The smallest absolute Gasteiger partial charge is 0.122 e. The molecule has 2 aliphatic rings. The number of aromatic nitrogens is 1. The van der Waals surface area contributed by atoms with Crippen molar-refractivity contribution in [1.82, 2.24) is 9.88 Å². The minimum absolute atomic E-state index is 0.467. The standard InChI is InChI=1S/C31H33ClN2O2/c1-3-31(35)19-28-13-14-29(20-31)34(28)16-17-36-30-15-5-23(18-22(30)2)4-11-27-12-8-25(21-33-27)24-6-9-26(32)10-7-24/h5-10,12,15,18,21,28-29,35H,3,13-14,16-17,19-20H2,1-2H3/t28-,29+,31+. The Kier molecular flexibility index (Phi) is 7.34. The van der Waals surface area contributed by atoms with E-state index in [-0.39, 0.29) is 0 Å². The van der Waals surface area contributed by atoms with Gasteiger partial charge in [-0.2, -0.15) is 0 Å². The lowest BCUT2D eigenvalue weighted by molar-refractivity contribution is -0.0563. The summed E-state index contributed by atoms with van der Waals surface area (Å²) in [5.74, 6) is 7.28. The van der Waals surface area contributed by atoms with E-state index in [4.69, 9.17) is 16.3 Å². The van der Waals surface area contributed by atoms with Gasteiger partial charge in [0.05, 0.1) is 5.60 Å². The number of fused-ring (bicyclic) bond motifs is 2. The van der Waals surface area contributed by atoms with Gasteiger partial charge in [-0.3, -0.25) is 4.90 Å². The normalized spacial score (nSPS) is 23.2. The molecular formula is C31H33ClN2O2. The molecule has 3 atom stereocenters. The maximum absolute atomic E-state index is 10.8. The van der Waals surface area contributed by atoms with Gasteiger partial charge in [0.15, 0.2) is 0 Å². The van der Waals surface area contributed by atoms with Gasteiger partial charge in [-0.1, -0.05) is 42.6 Å². The van der Waals surface area contributed by atoms with Gasteiger partial charge < -0.3 is 9.84 Å². The number of benzene rings is 2. The lowest BCUT2D eigenvalue weighted by Gasteiger charge is -2.43. The summed E-state index contributed by atoms with van der Waals surface area (Å²) in [7, 11) is 0. The number of halogens is 1. The monoisotopic (exact) mass is 500 g/mol. The number of piperidine rings is 1. The predicted molar refractivity (Wildman–Crippen MR) is 145 cm³/mol. The van der Waals surface area contributed by atoms with Crippen LogP contribution in [-0.4, -0.2) is 45.8 Å². The Morgan fingerprint density at radius 2 is 1.75 bits per heavy atom. The van der Waals surface area contributed by atoms with E-state index in [0.29, 0.717) is 18.7 Å². The second kappa shape index (κ2) is 10.6. The van der Waals surface area contributed by atoms with Gasteiger partial charge in [0.1, 0.15) is 18.1 Å². The predicted octanol–water partition coefficient (Wildman–Crippen LogP) is 6.26. The maximum Gasteiger partial charge on any atom is 0.122 e. The molecule has 0 spiro atoms. The first-order chi connectivity index (χ1) is 17.4. The van der Waals surface area contributed by atoms with Crippen LogP contribution in [0.2, 0.25) is 5.02 Å². The van der Waals surface area contributed by atoms with Crippen molar-refractivity contribution >= 4 is 11.6 Å². The number of rotatable bonds is 6. The summed E-state index contributed by atoms with van der Waals surface area (Å²) in [5, 5.41) is 11.5. The van der Waals surface area contributed by atoms with Crippen LogP contribution in [0.15, 0.2) is 60.8 Å². The van der Waals surface area contributed by atoms with Gasteiger partial charge in [0, 0.05) is 41.0 Å². The fourth-order valence-electron chi connectivity index (χ4n) is 5.63. The zero-order valence-corrected chi connectivity index (χ0v) is 21.8. The topological polar surface area (TPSA) is 45.6 Å². The van der Waals surface area contributed by atoms with Crippen molar-refractivity contribution in [3.8, 4) is 28.7 Å². The average Bonchev–Trinajstić information content (AvgIpc) is 3.14. The molecule has 36 heavy (non-hydrogen) atoms. The molecule has 0 saturated carbocycles. The van der Waals surface area contributed by atoms with Crippen molar-refractivity contribution < 1.29 is 9.84 Å². The van der Waals surface area contributed by atoms with E-state index >= 15 is 0 Å². The van der Waals surface area contributed by atoms with E-state index in [2.05, 4.69) is 41.6 Å². The van der Waals surface area contributed by atoms with Crippen molar-refractivity contribution in [3.05, 3.63) is 82.6 Å². The van der Waals surface area contributed by atoms with Crippen LogP contribution in [0.4, 0.5) is 0 Å². The highest BCUT2D eigenvalue weighted by Crippen LogP contribution is 2.41. The summed E-state index contributed by atoms with van der Waals surface area (Å²) in [6.07, 6.45) is 6.86. The minimum atomic E-state index is -0.467. The Labute approximate surface area is 219 Å². The first kappa shape index (κ1) is 24.8. The third kappa shape index (κ3) is 5.60. The Hall–Kier alpha value is -2.84. The molecule has 2 aromatic carbocycles. The number of hydrogen-bond acceptors (Lipinski definition) is 4. The van der Waals surface area contributed by atoms with Gasteiger partial charge in [0.2, 0.25) is 0 Å². The molecule has 186 valence electrons. The first-order valence-electron chi connectivity index (χ1n) is 12.9. The largest absolute Gasteiger partial charge is 0.492 e. The maximum atomic E-state index is 10.8. The Balaban J connectivity index is 1.16. The van der Waals surface area contributed by atoms with Crippen molar-refractivity contribution in [2.75, 3.05) is 13.2 Å². The van der Waals surface area contributed by atoms with Gasteiger partial charge in [-0.05, 0) is 92.5 Å². The second-order valence-corrected chi connectivity index (χ2v) is 10.6. The van der Waals surface area contributed by atoms with Crippen LogP contribution in [0.5, 0.6) is 5.75 Å². The average molecular weight is 501 g/mol. The summed E-state index contributed by atoms with van der Waals surface area (Å²) in [4.78, 5) is 7.06. The minimum Gasteiger partial charge on any atom is -0.492 e. The van der Waals surface area contributed by atoms with E-state index in [1.165, 1.54) is 12.8 Å². The highest BCUT2D eigenvalue weighted by Gasteiger charge is 2.46. The number of aliphatic hydroxyl groups is 1. The molecule has 1 aromatic heterocycles. The van der Waals surface area contributed by atoms with Gasteiger partial charge in [0.25, 0.3) is 0 Å². The van der Waals surface area contributed by atoms with Crippen LogP contribution >= 0.6 is 11.6 Å². The fraction of sp³-hybridized carbons (Fsp3) is 0.387. The van der Waals surface area contributed by atoms with E-state index < -0.39 is 5.60 Å². The van der Waals surface area contributed by atoms with Crippen LogP contribution in [0.25, 0.3) is 11.1 Å². The summed E-state index contributed by atoms with van der Waals surface area (Å²) in [6.45, 7) is 5.73. The molecule has 3 aromatic rings. The highest BCUT2D eigenvalue weighted by molar-refractivity contribution is 6.30. The van der Waals surface area contributed by atoms with Crippen LogP contribution in [0, 0.1) is 18.8 Å². The molecule has 0 aliphatic carbocycles. The van der Waals surface area contributed by atoms with E-state index in [1.54, 1.807) is 0 Å². The van der Waals surface area contributed by atoms with E-state index in [0.717, 1.165) is 64.5 Å². The third-order valence-electron chi connectivity index (χ3n) is 7.72. The number of pyridine rings is 1. The highest BCUT2D eigenvalue weighted by atomic mass is 35.5. The summed E-state index contributed by atoms with van der Waals surface area (Å²) >= 11 is 5.98. The molecule has 1 N–H and O–H groups in total. The molecule has 5 rings (SSSR count). The van der Waals surface area contributed by atoms with Crippen LogP contribution in [-0.2, 0) is 0 Å². The van der Waals surface area contributed by atoms with Crippen LogP contribution < -0.4 is 4.74 Å². The molecule has 5 heteroatoms. The second-order valence-electron chi connectivity index (χ2n) is 10.1. The molecule has 2 saturated heterocycles. The summed E-state index contributed by atoms with van der Waals surface area (Å²) in [6, 6.07) is 18.8. The molecule has 0 amide bonds. The number of hydrogen-bond donors (Lipinski definition) is 1. The Bertz CT molecular complexity index is 1250. The SMILES string of the molecule is CC[C@]1(O)C[C@H]2CC[C@@H](C1)N2CCOc1ccc(C#Cc2ccc(-c3ccc(Cl)cc3)cn2)cc1C. The molecule has 4 nitrogen and oxygen atoms in total. The van der Waals surface area contributed by atoms with Crippen molar-refractivity contribution in [2.45, 2.75) is 63.6 Å². The van der Waals surface area contributed by atoms with E-state index in [1.807, 2.05) is 54.7 Å². The van der Waals surface area contributed by atoms with E-state index in [9.17, 15) is 5.11 Å². The number of nitrogens with zero attached hydrogens (tertiary/aromatic N) is 2. The van der Waals surface area contributed by atoms with Gasteiger partial charge >= 0.3 is 0 Å². The molecule has 2 bridgehead atoms. The molecule has 2 aliphatic heterocycles. The first-order valence-corrected chi connectivity index (χ1v) is 13.3. The zero-order valence-electron chi connectivity index (χ0n) is 21.0. The summed E-state index contributed by atoms with van der Waals surface area (Å²) < 4.78 is 6.15. The molecular weight excluding hydrogens is 468 g/mol. The lowest BCUT2D eigenvalue weighted by Crippen LogP contribution is -2.51. The number of aryl methyl sites for hydroxylation is 1. The number of ether oxygens (including phenoxy) is 1. The summed E-state index contributed by atoms with van der Waals surface area (Å²) in [5.41, 5.74) is 4.40. The third-order valence-corrected chi connectivity index (χ3v) is 7.97. The lowest BCUT2D eigenvalue weighted by atomic mass is 9.84. The van der Waals surface area contributed by atoms with Crippen molar-refractivity contribution in [2.24, 2.45) is 0 Å². The van der Waals surface area contributed by atoms with Gasteiger partial charge in [-0.15, -0.1) is 0 Å². The Morgan fingerprint density at radius 3 is 2.39 bits per heavy atom. The fourth-order valence-corrected chi connectivity index (χ4v) is 5.76. The van der Waals surface area contributed by atoms with Crippen LogP contribution in [0.3, 0.4) is 0 Å².